The van der Waals surface area contributed by atoms with Crippen LogP contribution in [0.15, 0.2) is 0 Å². The Kier molecular flexibility index (Phi) is 5.24. The fourth-order valence-corrected chi connectivity index (χ4v) is 5.26. The molecule has 2 saturated carbocycles. The zero-order valence-corrected chi connectivity index (χ0v) is 13.0. The van der Waals surface area contributed by atoms with E-state index in [1.165, 1.54) is 0 Å². The quantitative estimate of drug-likeness (QED) is 0.744. The number of carbonyl (C=O) groups excluding carboxylic acids is 2. The number of carbonyl (C=O) groups is 2. The molecule has 0 unspecified atom stereocenters. The SMILES string of the molecule is NC(=O)[C@H]1CCC[C@@H]1NC(=O)CCS(=O)(=O)C1CCCC1. The van der Waals surface area contributed by atoms with Gasteiger partial charge in [-0.1, -0.05) is 19.3 Å². The number of rotatable bonds is 6. The molecule has 0 saturated heterocycles. The van der Waals surface area contributed by atoms with Crippen molar-refractivity contribution in [2.45, 2.75) is 62.7 Å². The van der Waals surface area contributed by atoms with E-state index < -0.39 is 15.7 Å². The third-order valence-corrected chi connectivity index (χ3v) is 6.91. The van der Waals surface area contributed by atoms with Crippen LogP contribution < -0.4 is 11.1 Å². The molecular weight excluding hydrogens is 292 g/mol. The molecule has 0 aromatic rings. The van der Waals surface area contributed by atoms with Crippen LogP contribution >= 0.6 is 0 Å². The van der Waals surface area contributed by atoms with E-state index in [1.54, 1.807) is 0 Å². The topological polar surface area (TPSA) is 106 Å². The van der Waals surface area contributed by atoms with Crippen LogP contribution in [0, 0.1) is 5.92 Å². The molecule has 0 aromatic carbocycles. The van der Waals surface area contributed by atoms with Gasteiger partial charge < -0.3 is 11.1 Å². The third-order valence-electron chi connectivity index (χ3n) is 4.65. The summed E-state index contributed by atoms with van der Waals surface area (Å²) < 4.78 is 24.2. The predicted octanol–water partition coefficient (Wildman–Crippen LogP) is 0.504. The highest BCUT2D eigenvalue weighted by Gasteiger charge is 2.33. The predicted molar refractivity (Wildman–Crippen MR) is 79.1 cm³/mol. The molecule has 0 bridgehead atoms. The zero-order valence-electron chi connectivity index (χ0n) is 12.2. The molecule has 21 heavy (non-hydrogen) atoms. The molecule has 2 fully saturated rings. The van der Waals surface area contributed by atoms with Crippen LogP contribution in [0.3, 0.4) is 0 Å². The van der Waals surface area contributed by atoms with Gasteiger partial charge in [0, 0.05) is 12.5 Å². The van der Waals surface area contributed by atoms with Crippen molar-refractivity contribution in [3.05, 3.63) is 0 Å². The molecule has 3 N–H and O–H groups in total. The lowest BCUT2D eigenvalue weighted by atomic mass is 10.0. The van der Waals surface area contributed by atoms with Crippen LogP contribution in [0.25, 0.3) is 0 Å². The van der Waals surface area contributed by atoms with Crippen molar-refractivity contribution in [3.8, 4) is 0 Å². The Morgan fingerprint density at radius 1 is 1.05 bits per heavy atom. The summed E-state index contributed by atoms with van der Waals surface area (Å²) in [7, 11) is -3.17. The fraction of sp³-hybridized carbons (Fsp3) is 0.857. The minimum atomic E-state index is -3.17. The van der Waals surface area contributed by atoms with Crippen molar-refractivity contribution < 1.29 is 18.0 Å². The van der Waals surface area contributed by atoms with Crippen molar-refractivity contribution >= 4 is 21.7 Å². The first-order valence-electron chi connectivity index (χ1n) is 7.70. The Balaban J connectivity index is 1.80. The van der Waals surface area contributed by atoms with E-state index in [0.717, 1.165) is 38.5 Å². The minimum Gasteiger partial charge on any atom is -0.369 e. The zero-order chi connectivity index (χ0) is 15.5. The van der Waals surface area contributed by atoms with Gasteiger partial charge in [0.1, 0.15) is 0 Å². The van der Waals surface area contributed by atoms with Crippen molar-refractivity contribution in [2.24, 2.45) is 11.7 Å². The van der Waals surface area contributed by atoms with Crippen LogP contribution in [0.5, 0.6) is 0 Å². The monoisotopic (exact) mass is 316 g/mol. The van der Waals surface area contributed by atoms with Gasteiger partial charge in [0.2, 0.25) is 11.8 Å². The first-order valence-corrected chi connectivity index (χ1v) is 9.42. The van der Waals surface area contributed by atoms with Crippen LogP contribution in [0.4, 0.5) is 0 Å². The summed E-state index contributed by atoms with van der Waals surface area (Å²) in [6.07, 6.45) is 5.61. The maximum atomic E-state index is 12.1. The number of hydrogen-bond acceptors (Lipinski definition) is 4. The number of sulfone groups is 1. The lowest BCUT2D eigenvalue weighted by molar-refractivity contribution is -0.124. The molecule has 2 amide bonds. The summed E-state index contributed by atoms with van der Waals surface area (Å²) in [5.74, 6) is -1.11. The molecule has 7 heteroatoms. The molecule has 2 rings (SSSR count). The Bertz CT molecular complexity index is 497. The first kappa shape index (κ1) is 16.3. The van der Waals surface area contributed by atoms with Crippen LogP contribution in [-0.4, -0.2) is 37.3 Å². The second-order valence-electron chi connectivity index (χ2n) is 6.14. The lowest BCUT2D eigenvalue weighted by Gasteiger charge is -2.18. The van der Waals surface area contributed by atoms with Crippen LogP contribution in [0.2, 0.25) is 0 Å². The molecular formula is C14H24N2O4S. The largest absolute Gasteiger partial charge is 0.369 e. The second kappa shape index (κ2) is 6.77. The Morgan fingerprint density at radius 3 is 2.33 bits per heavy atom. The molecule has 0 aromatic heterocycles. The first-order chi connectivity index (χ1) is 9.90. The molecule has 0 aliphatic heterocycles. The highest BCUT2D eigenvalue weighted by atomic mass is 32.2. The summed E-state index contributed by atoms with van der Waals surface area (Å²) in [6.45, 7) is 0. The maximum Gasteiger partial charge on any atom is 0.222 e. The highest BCUT2D eigenvalue weighted by molar-refractivity contribution is 7.92. The summed E-state index contributed by atoms with van der Waals surface area (Å²) >= 11 is 0. The molecule has 120 valence electrons. The summed E-state index contributed by atoms with van der Waals surface area (Å²) in [5, 5.41) is 2.50. The molecule has 0 heterocycles. The Morgan fingerprint density at radius 2 is 1.71 bits per heavy atom. The van der Waals surface area contributed by atoms with Crippen LogP contribution in [0.1, 0.15) is 51.4 Å². The standard InChI is InChI=1S/C14H24N2O4S/c15-14(18)11-6-3-7-12(11)16-13(17)8-9-21(19,20)10-4-1-2-5-10/h10-12H,1-9H2,(H2,15,18)(H,16,17)/t11-,12-/m0/s1. The Hall–Kier alpha value is -1.11. The lowest BCUT2D eigenvalue weighted by Crippen LogP contribution is -2.42. The van der Waals surface area contributed by atoms with Gasteiger partial charge in [-0.05, 0) is 25.7 Å². The summed E-state index contributed by atoms with van der Waals surface area (Å²) in [6, 6.07) is -0.232. The molecule has 2 aliphatic rings. The van der Waals surface area contributed by atoms with Gasteiger partial charge in [0.25, 0.3) is 0 Å². The molecule has 6 nitrogen and oxygen atoms in total. The highest BCUT2D eigenvalue weighted by Crippen LogP contribution is 2.26. The van der Waals surface area contributed by atoms with E-state index in [9.17, 15) is 18.0 Å². The van der Waals surface area contributed by atoms with E-state index >= 15 is 0 Å². The van der Waals surface area contributed by atoms with Gasteiger partial charge >= 0.3 is 0 Å². The van der Waals surface area contributed by atoms with Crippen molar-refractivity contribution in [1.82, 2.24) is 5.32 Å². The maximum absolute atomic E-state index is 12.1. The molecule has 2 atom stereocenters. The second-order valence-corrected chi connectivity index (χ2v) is 8.54. The number of hydrogen-bond donors (Lipinski definition) is 2. The fourth-order valence-electron chi connectivity index (χ4n) is 3.40. The average Bonchev–Trinajstić information content (AvgIpc) is 3.07. The average molecular weight is 316 g/mol. The van der Waals surface area contributed by atoms with Gasteiger partial charge in [-0.25, -0.2) is 8.42 Å². The number of primary amides is 1. The molecule has 0 radical (unpaired) electrons. The van der Waals surface area contributed by atoms with Crippen molar-refractivity contribution in [1.29, 1.82) is 0 Å². The Labute approximate surface area is 125 Å². The number of amides is 2. The molecule has 0 spiro atoms. The van der Waals surface area contributed by atoms with Crippen molar-refractivity contribution in [2.75, 3.05) is 5.75 Å². The molecule has 2 aliphatic carbocycles. The summed E-state index contributed by atoms with van der Waals surface area (Å²) in [5.41, 5.74) is 5.30. The van der Waals surface area contributed by atoms with E-state index in [1.807, 2.05) is 0 Å². The van der Waals surface area contributed by atoms with Gasteiger partial charge in [0.15, 0.2) is 9.84 Å². The van der Waals surface area contributed by atoms with Crippen molar-refractivity contribution in [3.63, 3.8) is 0 Å². The van der Waals surface area contributed by atoms with Gasteiger partial charge in [-0.15, -0.1) is 0 Å². The van der Waals surface area contributed by atoms with E-state index in [2.05, 4.69) is 5.32 Å². The van der Waals surface area contributed by atoms with E-state index in [4.69, 9.17) is 5.73 Å². The van der Waals surface area contributed by atoms with Gasteiger partial charge in [-0.2, -0.15) is 0 Å². The van der Waals surface area contributed by atoms with E-state index in [0.29, 0.717) is 6.42 Å². The smallest absolute Gasteiger partial charge is 0.222 e. The normalized spacial score (nSPS) is 26.9. The van der Waals surface area contributed by atoms with Gasteiger partial charge in [-0.3, -0.25) is 9.59 Å². The van der Waals surface area contributed by atoms with Gasteiger partial charge in [0.05, 0.1) is 16.9 Å². The number of nitrogens with one attached hydrogen (secondary N) is 1. The van der Waals surface area contributed by atoms with Crippen LogP contribution in [-0.2, 0) is 19.4 Å². The minimum absolute atomic E-state index is 0.0270. The summed E-state index contributed by atoms with van der Waals surface area (Å²) in [4.78, 5) is 23.2. The van der Waals surface area contributed by atoms with E-state index in [-0.39, 0.29) is 35.3 Å². The number of nitrogens with two attached hydrogens (primary N) is 1. The third kappa shape index (κ3) is 4.18.